The van der Waals surface area contributed by atoms with Crippen LogP contribution in [0.25, 0.3) is 6.08 Å². The van der Waals surface area contributed by atoms with Crippen molar-refractivity contribution < 1.29 is 14.3 Å². The van der Waals surface area contributed by atoms with Crippen LogP contribution in [0.5, 0.6) is 0 Å². The van der Waals surface area contributed by atoms with Gasteiger partial charge in [-0.3, -0.25) is 0 Å². The standard InChI is InChI=1S/C16H24N2O3/c1-14-4-6-15(7-5-14)8-9-17-16(19)18(10-12-20-2)11-13-21-3/h4-9H,10-13H2,1-3H3,(H,17,19)/b9-8+. The van der Waals surface area contributed by atoms with Crippen LogP contribution in [0, 0.1) is 6.92 Å². The summed E-state index contributed by atoms with van der Waals surface area (Å²) in [4.78, 5) is 13.7. The van der Waals surface area contributed by atoms with Crippen LogP contribution in [0.3, 0.4) is 0 Å². The molecule has 1 aromatic carbocycles. The molecule has 0 spiro atoms. The zero-order valence-corrected chi connectivity index (χ0v) is 13.0. The fraction of sp³-hybridized carbons (Fsp3) is 0.438. The minimum Gasteiger partial charge on any atom is -0.383 e. The van der Waals surface area contributed by atoms with E-state index in [0.29, 0.717) is 26.3 Å². The second-order valence-electron chi connectivity index (χ2n) is 4.67. The molecule has 0 fully saturated rings. The van der Waals surface area contributed by atoms with Gasteiger partial charge in [0.15, 0.2) is 0 Å². The van der Waals surface area contributed by atoms with E-state index in [9.17, 15) is 4.79 Å². The number of rotatable bonds is 8. The average molecular weight is 292 g/mol. The lowest BCUT2D eigenvalue weighted by Crippen LogP contribution is -2.41. The summed E-state index contributed by atoms with van der Waals surface area (Å²) in [5, 5.41) is 2.76. The zero-order chi connectivity index (χ0) is 15.5. The van der Waals surface area contributed by atoms with Crippen LogP contribution in [0.2, 0.25) is 0 Å². The molecule has 0 aliphatic carbocycles. The van der Waals surface area contributed by atoms with Gasteiger partial charge in [0.25, 0.3) is 0 Å². The first-order valence-electron chi connectivity index (χ1n) is 6.94. The molecule has 1 rings (SSSR count). The number of carbonyl (C=O) groups excluding carboxylic acids is 1. The molecule has 1 N–H and O–H groups in total. The molecular weight excluding hydrogens is 268 g/mol. The second kappa shape index (κ2) is 9.96. The average Bonchev–Trinajstić information content (AvgIpc) is 2.49. The summed E-state index contributed by atoms with van der Waals surface area (Å²) in [5.74, 6) is 0. The summed E-state index contributed by atoms with van der Waals surface area (Å²) in [6, 6.07) is 7.92. The van der Waals surface area contributed by atoms with Gasteiger partial charge in [0, 0.05) is 33.5 Å². The number of aryl methyl sites for hydroxylation is 1. The van der Waals surface area contributed by atoms with Crippen LogP contribution >= 0.6 is 0 Å². The molecule has 0 bridgehead atoms. The van der Waals surface area contributed by atoms with E-state index in [1.54, 1.807) is 25.3 Å². The topological polar surface area (TPSA) is 50.8 Å². The lowest BCUT2D eigenvalue weighted by atomic mass is 10.1. The highest BCUT2D eigenvalue weighted by Crippen LogP contribution is 2.04. The summed E-state index contributed by atoms with van der Waals surface area (Å²) in [7, 11) is 3.23. The molecule has 0 atom stereocenters. The Morgan fingerprint density at radius 1 is 1.14 bits per heavy atom. The Hall–Kier alpha value is -1.85. The first-order chi connectivity index (χ1) is 10.2. The van der Waals surface area contributed by atoms with Crippen LogP contribution in [0.15, 0.2) is 30.5 Å². The highest BCUT2D eigenvalue weighted by molar-refractivity contribution is 5.76. The molecular formula is C16H24N2O3. The Labute approximate surface area is 126 Å². The Morgan fingerprint density at radius 3 is 2.24 bits per heavy atom. The zero-order valence-electron chi connectivity index (χ0n) is 13.0. The molecule has 116 valence electrons. The van der Waals surface area contributed by atoms with Gasteiger partial charge < -0.3 is 19.7 Å². The highest BCUT2D eigenvalue weighted by Gasteiger charge is 2.10. The summed E-state index contributed by atoms with van der Waals surface area (Å²) in [6.45, 7) is 4.10. The maximum atomic E-state index is 12.1. The number of amides is 2. The first-order valence-corrected chi connectivity index (χ1v) is 6.94. The van der Waals surface area contributed by atoms with Gasteiger partial charge in [-0.1, -0.05) is 29.8 Å². The first kappa shape index (κ1) is 17.2. The number of methoxy groups -OCH3 is 2. The van der Waals surface area contributed by atoms with Crippen LogP contribution < -0.4 is 5.32 Å². The molecule has 0 saturated carbocycles. The number of hydrogen-bond donors (Lipinski definition) is 1. The molecule has 5 heteroatoms. The molecule has 0 heterocycles. The fourth-order valence-corrected chi connectivity index (χ4v) is 1.70. The van der Waals surface area contributed by atoms with E-state index >= 15 is 0 Å². The van der Waals surface area contributed by atoms with E-state index in [2.05, 4.69) is 5.32 Å². The van der Waals surface area contributed by atoms with E-state index in [1.807, 2.05) is 37.3 Å². The monoisotopic (exact) mass is 292 g/mol. The normalized spacial score (nSPS) is 10.8. The fourth-order valence-electron chi connectivity index (χ4n) is 1.70. The van der Waals surface area contributed by atoms with Gasteiger partial charge in [0.1, 0.15) is 0 Å². The molecule has 0 aliphatic heterocycles. The number of nitrogens with zero attached hydrogens (tertiary/aromatic N) is 1. The van der Waals surface area contributed by atoms with Gasteiger partial charge in [-0.2, -0.15) is 0 Å². The van der Waals surface area contributed by atoms with Gasteiger partial charge >= 0.3 is 6.03 Å². The third kappa shape index (κ3) is 6.92. The molecule has 0 radical (unpaired) electrons. The minimum atomic E-state index is -0.160. The summed E-state index contributed by atoms with van der Waals surface area (Å²) >= 11 is 0. The van der Waals surface area contributed by atoms with Gasteiger partial charge in [0.2, 0.25) is 0 Å². The quantitative estimate of drug-likeness (QED) is 0.799. The predicted octanol–water partition coefficient (Wildman–Crippen LogP) is 2.27. The van der Waals surface area contributed by atoms with E-state index in [0.717, 1.165) is 5.56 Å². The number of carbonyl (C=O) groups is 1. The number of hydrogen-bond acceptors (Lipinski definition) is 3. The third-order valence-corrected chi connectivity index (χ3v) is 2.98. The molecule has 0 aliphatic rings. The van der Waals surface area contributed by atoms with Crippen LogP contribution in [-0.4, -0.2) is 51.5 Å². The SMILES string of the molecule is COCCN(CCOC)C(=O)N/C=C/c1ccc(C)cc1. The summed E-state index contributed by atoms with van der Waals surface area (Å²) in [6.07, 6.45) is 3.52. The summed E-state index contributed by atoms with van der Waals surface area (Å²) < 4.78 is 10.0. The molecule has 5 nitrogen and oxygen atoms in total. The molecule has 21 heavy (non-hydrogen) atoms. The van der Waals surface area contributed by atoms with Gasteiger partial charge in [-0.05, 0) is 18.6 Å². The van der Waals surface area contributed by atoms with Crippen molar-refractivity contribution in [2.75, 3.05) is 40.5 Å². The van der Waals surface area contributed by atoms with Crippen molar-refractivity contribution in [2.24, 2.45) is 0 Å². The Kier molecular flexibility index (Phi) is 8.16. The van der Waals surface area contributed by atoms with Crippen molar-refractivity contribution in [1.82, 2.24) is 10.2 Å². The Balaban J connectivity index is 2.49. The second-order valence-corrected chi connectivity index (χ2v) is 4.67. The third-order valence-electron chi connectivity index (χ3n) is 2.98. The van der Waals surface area contributed by atoms with Crippen LogP contribution in [0.4, 0.5) is 4.79 Å². The number of ether oxygens (including phenoxy) is 2. The van der Waals surface area contributed by atoms with Crippen molar-refractivity contribution in [3.63, 3.8) is 0 Å². The highest BCUT2D eigenvalue weighted by atomic mass is 16.5. The van der Waals surface area contributed by atoms with Crippen molar-refractivity contribution >= 4 is 12.1 Å². The van der Waals surface area contributed by atoms with Crippen LogP contribution in [0.1, 0.15) is 11.1 Å². The molecule has 0 saturated heterocycles. The number of benzene rings is 1. The Morgan fingerprint density at radius 2 is 1.71 bits per heavy atom. The van der Waals surface area contributed by atoms with Crippen molar-refractivity contribution in [3.05, 3.63) is 41.6 Å². The van der Waals surface area contributed by atoms with Crippen molar-refractivity contribution in [3.8, 4) is 0 Å². The van der Waals surface area contributed by atoms with E-state index in [1.165, 1.54) is 5.56 Å². The largest absolute Gasteiger partial charge is 0.383 e. The van der Waals surface area contributed by atoms with Gasteiger partial charge in [-0.15, -0.1) is 0 Å². The van der Waals surface area contributed by atoms with Crippen molar-refractivity contribution in [2.45, 2.75) is 6.92 Å². The van der Waals surface area contributed by atoms with Crippen LogP contribution in [-0.2, 0) is 9.47 Å². The number of nitrogens with one attached hydrogen (secondary N) is 1. The maximum absolute atomic E-state index is 12.1. The maximum Gasteiger partial charge on any atom is 0.321 e. The van der Waals surface area contributed by atoms with Gasteiger partial charge in [0.05, 0.1) is 13.2 Å². The lowest BCUT2D eigenvalue weighted by molar-refractivity contribution is 0.124. The lowest BCUT2D eigenvalue weighted by Gasteiger charge is -2.21. The molecule has 0 unspecified atom stereocenters. The molecule has 0 aromatic heterocycles. The minimum absolute atomic E-state index is 0.160. The summed E-state index contributed by atoms with van der Waals surface area (Å²) in [5.41, 5.74) is 2.25. The molecule has 2 amide bonds. The smallest absolute Gasteiger partial charge is 0.321 e. The Bertz CT molecular complexity index is 435. The van der Waals surface area contributed by atoms with Crippen molar-refractivity contribution in [1.29, 1.82) is 0 Å². The van der Waals surface area contributed by atoms with Gasteiger partial charge in [-0.25, -0.2) is 4.79 Å². The predicted molar refractivity (Wildman–Crippen MR) is 84.1 cm³/mol. The van der Waals surface area contributed by atoms with E-state index < -0.39 is 0 Å². The number of urea groups is 1. The van der Waals surface area contributed by atoms with E-state index in [-0.39, 0.29) is 6.03 Å². The van der Waals surface area contributed by atoms with E-state index in [4.69, 9.17) is 9.47 Å². The molecule has 1 aromatic rings.